The monoisotopic (exact) mass is 495 g/mol. The van der Waals surface area contributed by atoms with Gasteiger partial charge in [-0.05, 0) is 49.9 Å². The van der Waals surface area contributed by atoms with Crippen LogP contribution in [0.4, 0.5) is 5.82 Å². The number of aryl methyl sites for hydroxylation is 2. The summed E-state index contributed by atoms with van der Waals surface area (Å²) in [4.78, 5) is 26.6. The average Bonchev–Trinajstić information content (AvgIpc) is 3.19. The van der Waals surface area contributed by atoms with Gasteiger partial charge in [0.1, 0.15) is 23.0 Å². The molecule has 1 aliphatic rings. The second-order valence-electron chi connectivity index (χ2n) is 8.45. The predicted octanol–water partition coefficient (Wildman–Crippen LogP) is 3.93. The zero-order valence-corrected chi connectivity index (χ0v) is 21.4. The zero-order chi connectivity index (χ0) is 25.1. The van der Waals surface area contributed by atoms with Crippen LogP contribution in [0.2, 0.25) is 0 Å². The number of ether oxygens (including phenoxy) is 3. The number of carbonyl (C=O) groups is 1. The molecule has 3 aromatic rings. The molecule has 1 atom stereocenters. The molecule has 9 nitrogen and oxygen atoms in total. The lowest BCUT2D eigenvalue weighted by molar-refractivity contribution is -0.126. The molecule has 0 bridgehead atoms. The van der Waals surface area contributed by atoms with E-state index >= 15 is 0 Å². The maximum absolute atomic E-state index is 13.1. The number of aromatic nitrogens is 2. The number of rotatable bonds is 7. The molecule has 0 saturated carbocycles. The highest BCUT2D eigenvalue weighted by molar-refractivity contribution is 7.18. The summed E-state index contributed by atoms with van der Waals surface area (Å²) < 4.78 is 16.1. The lowest BCUT2D eigenvalue weighted by Gasteiger charge is -2.33. The third-order valence-electron chi connectivity index (χ3n) is 6.55. The minimum atomic E-state index is -0.841. The molecule has 3 heterocycles. The van der Waals surface area contributed by atoms with Crippen LogP contribution in [-0.4, -0.2) is 50.3 Å². The summed E-state index contributed by atoms with van der Waals surface area (Å²) in [7, 11) is 4.54. The number of nitriles is 1. The Hall–Kier alpha value is -3.58. The summed E-state index contributed by atoms with van der Waals surface area (Å²) in [6.07, 6.45) is 2.96. The Morgan fingerprint density at radius 3 is 2.37 bits per heavy atom. The number of anilines is 1. The number of nitrogens with zero attached hydrogens (tertiary/aromatic N) is 4. The zero-order valence-electron chi connectivity index (χ0n) is 20.5. The molecule has 1 aromatic carbocycles. The highest BCUT2D eigenvalue weighted by Crippen LogP contribution is 2.40. The summed E-state index contributed by atoms with van der Waals surface area (Å²) in [5.41, 5.74) is 1.78. The average molecular weight is 496 g/mol. The third kappa shape index (κ3) is 4.68. The van der Waals surface area contributed by atoms with Gasteiger partial charge in [-0.1, -0.05) is 0 Å². The summed E-state index contributed by atoms with van der Waals surface area (Å²) in [6.45, 7) is 5.62. The molecule has 1 fully saturated rings. The van der Waals surface area contributed by atoms with E-state index in [9.17, 15) is 10.1 Å². The largest absolute Gasteiger partial charge is 0.493 e. The van der Waals surface area contributed by atoms with Crippen LogP contribution in [0.25, 0.3) is 10.2 Å². The fourth-order valence-electron chi connectivity index (χ4n) is 4.48. The molecule has 4 rings (SSSR count). The van der Waals surface area contributed by atoms with E-state index < -0.39 is 6.04 Å². The number of hydrogen-bond donors (Lipinski definition) is 1. The molecule has 35 heavy (non-hydrogen) atoms. The molecular formula is C25H29N5O4S. The second-order valence-corrected chi connectivity index (χ2v) is 9.65. The molecule has 2 aromatic heterocycles. The van der Waals surface area contributed by atoms with E-state index in [-0.39, 0.29) is 11.8 Å². The van der Waals surface area contributed by atoms with Gasteiger partial charge < -0.3 is 24.4 Å². The second kappa shape index (κ2) is 10.4. The number of thiophene rings is 1. The van der Waals surface area contributed by atoms with Crippen LogP contribution in [0.15, 0.2) is 18.5 Å². The number of amides is 1. The number of carbonyl (C=O) groups excluding carboxylic acids is 1. The Kier molecular flexibility index (Phi) is 7.26. The first-order valence-electron chi connectivity index (χ1n) is 11.4. The van der Waals surface area contributed by atoms with Gasteiger partial charge in [-0.3, -0.25) is 4.79 Å². The molecule has 1 aliphatic heterocycles. The van der Waals surface area contributed by atoms with Crippen molar-refractivity contribution in [3.05, 3.63) is 34.5 Å². The van der Waals surface area contributed by atoms with Crippen molar-refractivity contribution in [2.24, 2.45) is 5.92 Å². The van der Waals surface area contributed by atoms with E-state index in [2.05, 4.69) is 40.1 Å². The van der Waals surface area contributed by atoms with Crippen molar-refractivity contribution in [2.45, 2.75) is 32.7 Å². The van der Waals surface area contributed by atoms with Gasteiger partial charge in [0, 0.05) is 23.9 Å². The molecule has 0 spiro atoms. The van der Waals surface area contributed by atoms with Gasteiger partial charge in [0.2, 0.25) is 11.7 Å². The fraction of sp³-hybridized carbons (Fsp3) is 0.440. The smallest absolute Gasteiger partial charge is 0.224 e. The van der Waals surface area contributed by atoms with E-state index in [1.165, 1.54) is 31.8 Å². The van der Waals surface area contributed by atoms with Crippen molar-refractivity contribution in [2.75, 3.05) is 39.3 Å². The predicted molar refractivity (Wildman–Crippen MR) is 134 cm³/mol. The Bertz CT molecular complexity index is 1250. The normalized spacial score (nSPS) is 14.9. The van der Waals surface area contributed by atoms with Crippen LogP contribution >= 0.6 is 11.3 Å². The first kappa shape index (κ1) is 24.5. The lowest BCUT2D eigenvalue weighted by Crippen LogP contribution is -2.41. The van der Waals surface area contributed by atoms with Crippen molar-refractivity contribution in [1.29, 1.82) is 5.26 Å². The molecule has 1 amide bonds. The maximum atomic E-state index is 13.1. The number of benzene rings is 1. The standard InChI is InChI=1S/C25H29N5O4S/c1-14-15(2)35-25-21(14)23(27-13-28-25)30-8-6-16(7-9-30)24(31)29-18(12-26)17-10-19(32-3)22(34-5)20(11-17)33-4/h10-11,13,16,18H,6-9H2,1-5H3,(H,29,31). The highest BCUT2D eigenvalue weighted by atomic mass is 32.1. The summed E-state index contributed by atoms with van der Waals surface area (Å²) in [5.74, 6) is 1.90. The fourth-order valence-corrected chi connectivity index (χ4v) is 5.47. The molecule has 10 heteroatoms. The Morgan fingerprint density at radius 2 is 1.80 bits per heavy atom. The molecule has 0 radical (unpaired) electrons. The van der Waals surface area contributed by atoms with E-state index in [0.717, 1.165) is 16.0 Å². The number of hydrogen-bond acceptors (Lipinski definition) is 9. The van der Waals surface area contributed by atoms with Gasteiger partial charge in [0.15, 0.2) is 11.5 Å². The summed E-state index contributed by atoms with van der Waals surface area (Å²) in [5, 5.41) is 13.8. The summed E-state index contributed by atoms with van der Waals surface area (Å²) in [6, 6.07) is 4.71. The number of fused-ring (bicyclic) bond motifs is 1. The molecule has 0 aliphatic carbocycles. The molecular weight excluding hydrogens is 466 g/mol. The minimum Gasteiger partial charge on any atom is -0.493 e. The van der Waals surface area contributed by atoms with E-state index in [0.29, 0.717) is 48.7 Å². The van der Waals surface area contributed by atoms with Crippen LogP contribution in [0.1, 0.15) is 34.9 Å². The molecule has 1 unspecified atom stereocenters. The van der Waals surface area contributed by atoms with Crippen LogP contribution in [0, 0.1) is 31.1 Å². The highest BCUT2D eigenvalue weighted by Gasteiger charge is 2.29. The molecule has 1 saturated heterocycles. The number of piperidine rings is 1. The van der Waals surface area contributed by atoms with Gasteiger partial charge in [-0.2, -0.15) is 5.26 Å². The Morgan fingerprint density at radius 1 is 1.14 bits per heavy atom. The van der Waals surface area contributed by atoms with Gasteiger partial charge in [0.05, 0.1) is 32.8 Å². The number of nitrogens with one attached hydrogen (secondary N) is 1. The summed E-state index contributed by atoms with van der Waals surface area (Å²) >= 11 is 1.68. The van der Waals surface area contributed by atoms with E-state index in [4.69, 9.17) is 14.2 Å². The minimum absolute atomic E-state index is 0.139. The lowest BCUT2D eigenvalue weighted by atomic mass is 9.94. The Labute approximate surface area is 208 Å². The van der Waals surface area contributed by atoms with Gasteiger partial charge in [-0.25, -0.2) is 9.97 Å². The first-order chi connectivity index (χ1) is 16.9. The van der Waals surface area contributed by atoms with Crippen LogP contribution in [0.5, 0.6) is 17.2 Å². The number of methoxy groups -OCH3 is 3. The Balaban J connectivity index is 1.46. The quantitative estimate of drug-likeness (QED) is 0.525. The molecule has 184 valence electrons. The topological polar surface area (TPSA) is 110 Å². The van der Waals surface area contributed by atoms with Crippen molar-refractivity contribution in [3.8, 4) is 23.3 Å². The van der Waals surface area contributed by atoms with Gasteiger partial charge >= 0.3 is 0 Å². The van der Waals surface area contributed by atoms with E-state index in [1.54, 1.807) is 29.8 Å². The van der Waals surface area contributed by atoms with Gasteiger partial charge in [-0.15, -0.1) is 11.3 Å². The SMILES string of the molecule is COc1cc(C(C#N)NC(=O)C2CCN(c3ncnc4sc(C)c(C)c34)CC2)cc(OC)c1OC. The molecule has 1 N–H and O–H groups in total. The van der Waals surface area contributed by atoms with Crippen molar-refractivity contribution < 1.29 is 19.0 Å². The van der Waals surface area contributed by atoms with Crippen LogP contribution < -0.4 is 24.4 Å². The maximum Gasteiger partial charge on any atom is 0.224 e. The third-order valence-corrected chi connectivity index (χ3v) is 7.66. The van der Waals surface area contributed by atoms with Crippen molar-refractivity contribution in [3.63, 3.8) is 0 Å². The van der Waals surface area contributed by atoms with Crippen LogP contribution in [0.3, 0.4) is 0 Å². The van der Waals surface area contributed by atoms with Crippen molar-refractivity contribution >= 4 is 33.3 Å². The van der Waals surface area contributed by atoms with Crippen molar-refractivity contribution in [1.82, 2.24) is 15.3 Å². The van der Waals surface area contributed by atoms with Crippen LogP contribution in [-0.2, 0) is 4.79 Å². The van der Waals surface area contributed by atoms with Gasteiger partial charge in [0.25, 0.3) is 0 Å². The van der Waals surface area contributed by atoms with E-state index in [1.807, 2.05) is 0 Å². The first-order valence-corrected chi connectivity index (χ1v) is 12.2.